The molecule has 3 heterocycles. The van der Waals surface area contributed by atoms with Gasteiger partial charge in [-0.15, -0.1) is 0 Å². The van der Waals surface area contributed by atoms with Crippen LogP contribution in [0.4, 0.5) is 0 Å². The van der Waals surface area contributed by atoms with Gasteiger partial charge in [0.25, 0.3) is 0 Å². The van der Waals surface area contributed by atoms with Crippen LogP contribution in [0.5, 0.6) is 0 Å². The Hall–Kier alpha value is -3.22. The summed E-state index contributed by atoms with van der Waals surface area (Å²) in [5.41, 5.74) is 9.86. The SMILES string of the molecule is C[NH2+]C(C)c1nc2c([nH]1)CCCc1cc(-c3ccc(-c4cnc(C5CCCN5)[nH]4)cc3)ccc1-2. The van der Waals surface area contributed by atoms with Crippen molar-refractivity contribution in [1.82, 2.24) is 25.3 Å². The largest absolute Gasteiger partial charge is 0.341 e. The fourth-order valence-electron chi connectivity index (χ4n) is 5.29. The molecule has 1 aliphatic carbocycles. The van der Waals surface area contributed by atoms with Crippen LogP contribution in [-0.4, -0.2) is 33.5 Å². The second kappa shape index (κ2) is 8.85. The minimum Gasteiger partial charge on any atom is -0.341 e. The summed E-state index contributed by atoms with van der Waals surface area (Å²) in [6.07, 6.45) is 7.62. The van der Waals surface area contributed by atoms with Crippen molar-refractivity contribution in [2.24, 2.45) is 0 Å². The van der Waals surface area contributed by atoms with E-state index in [-0.39, 0.29) is 0 Å². The highest BCUT2D eigenvalue weighted by atomic mass is 15.0. The lowest BCUT2D eigenvalue weighted by atomic mass is 9.95. The smallest absolute Gasteiger partial charge is 0.165 e. The van der Waals surface area contributed by atoms with Gasteiger partial charge in [-0.05, 0) is 67.8 Å². The maximum Gasteiger partial charge on any atom is 0.165 e. The number of aromatic amines is 2. The lowest BCUT2D eigenvalue weighted by Crippen LogP contribution is -2.80. The molecule has 1 aliphatic heterocycles. The van der Waals surface area contributed by atoms with E-state index >= 15 is 0 Å². The molecule has 0 saturated carbocycles. The summed E-state index contributed by atoms with van der Waals surface area (Å²) in [6, 6.07) is 16.4. The lowest BCUT2D eigenvalue weighted by Gasteiger charge is -2.10. The molecule has 2 aliphatic rings. The predicted molar refractivity (Wildman–Crippen MR) is 135 cm³/mol. The highest BCUT2D eigenvalue weighted by molar-refractivity contribution is 5.75. The molecule has 2 aromatic carbocycles. The summed E-state index contributed by atoms with van der Waals surface area (Å²) in [7, 11) is 2.10. The van der Waals surface area contributed by atoms with E-state index in [1.807, 2.05) is 6.20 Å². The van der Waals surface area contributed by atoms with Crippen LogP contribution < -0.4 is 10.6 Å². The van der Waals surface area contributed by atoms with Crippen LogP contribution in [-0.2, 0) is 12.8 Å². The van der Waals surface area contributed by atoms with E-state index in [0.29, 0.717) is 12.1 Å². The van der Waals surface area contributed by atoms with Gasteiger partial charge in [0.2, 0.25) is 0 Å². The zero-order chi connectivity index (χ0) is 23.1. The number of quaternary nitrogens is 1. The van der Waals surface area contributed by atoms with Crippen LogP contribution in [0.3, 0.4) is 0 Å². The number of hydrogen-bond donors (Lipinski definition) is 4. The summed E-state index contributed by atoms with van der Waals surface area (Å²) in [4.78, 5) is 16.7. The van der Waals surface area contributed by atoms with Crippen LogP contribution in [0.25, 0.3) is 33.6 Å². The average Bonchev–Trinajstić information content (AvgIpc) is 3.63. The van der Waals surface area contributed by atoms with Gasteiger partial charge in [-0.3, -0.25) is 0 Å². The van der Waals surface area contributed by atoms with Crippen molar-refractivity contribution in [3.05, 3.63) is 71.6 Å². The number of fused-ring (bicyclic) bond motifs is 3. The number of benzene rings is 2. The van der Waals surface area contributed by atoms with Crippen LogP contribution >= 0.6 is 0 Å². The van der Waals surface area contributed by atoms with Gasteiger partial charge in [0.15, 0.2) is 5.82 Å². The van der Waals surface area contributed by atoms with Crippen molar-refractivity contribution in [2.75, 3.05) is 13.6 Å². The van der Waals surface area contributed by atoms with E-state index in [4.69, 9.17) is 4.98 Å². The Morgan fingerprint density at radius 3 is 2.59 bits per heavy atom. The molecule has 1 fully saturated rings. The number of aryl methyl sites for hydroxylation is 2. The quantitative estimate of drug-likeness (QED) is 0.363. The molecule has 1 saturated heterocycles. The van der Waals surface area contributed by atoms with Gasteiger partial charge in [0.1, 0.15) is 11.9 Å². The second-order valence-corrected chi connectivity index (χ2v) is 9.71. The van der Waals surface area contributed by atoms with Crippen molar-refractivity contribution in [1.29, 1.82) is 0 Å². The second-order valence-electron chi connectivity index (χ2n) is 9.71. The van der Waals surface area contributed by atoms with Crippen LogP contribution in [0.15, 0.2) is 48.7 Å². The summed E-state index contributed by atoms with van der Waals surface area (Å²) < 4.78 is 0. The van der Waals surface area contributed by atoms with Gasteiger partial charge >= 0.3 is 0 Å². The number of hydrogen-bond acceptors (Lipinski definition) is 3. The van der Waals surface area contributed by atoms with Crippen molar-refractivity contribution >= 4 is 0 Å². The van der Waals surface area contributed by atoms with Crippen molar-refractivity contribution < 1.29 is 5.32 Å². The fraction of sp³-hybridized carbons (Fsp3) is 0.357. The molecular formula is C28H33N6+. The number of imidazole rings is 2. The maximum absolute atomic E-state index is 5.00. The minimum atomic E-state index is 0.341. The van der Waals surface area contributed by atoms with Crippen molar-refractivity contribution in [2.45, 2.75) is 51.1 Å². The molecule has 174 valence electrons. The monoisotopic (exact) mass is 453 g/mol. The first kappa shape index (κ1) is 21.3. The fourth-order valence-corrected chi connectivity index (χ4v) is 5.29. The topological polar surface area (TPSA) is 86.0 Å². The zero-order valence-corrected chi connectivity index (χ0v) is 20.0. The Labute approximate surface area is 200 Å². The first-order chi connectivity index (χ1) is 16.7. The summed E-state index contributed by atoms with van der Waals surface area (Å²) >= 11 is 0. The van der Waals surface area contributed by atoms with E-state index in [2.05, 4.69) is 82.0 Å². The van der Waals surface area contributed by atoms with Crippen molar-refractivity contribution in [3.63, 3.8) is 0 Å². The molecule has 5 N–H and O–H groups in total. The predicted octanol–water partition coefficient (Wildman–Crippen LogP) is 4.30. The molecule has 0 radical (unpaired) electrons. The highest BCUT2D eigenvalue weighted by Crippen LogP contribution is 2.35. The van der Waals surface area contributed by atoms with E-state index in [0.717, 1.165) is 55.3 Å². The molecule has 6 nitrogen and oxygen atoms in total. The number of rotatable bonds is 5. The van der Waals surface area contributed by atoms with E-state index in [9.17, 15) is 0 Å². The van der Waals surface area contributed by atoms with Crippen molar-refractivity contribution in [3.8, 4) is 33.6 Å². The summed E-state index contributed by atoms with van der Waals surface area (Å²) in [6.45, 7) is 3.27. The first-order valence-corrected chi connectivity index (χ1v) is 12.6. The standard InChI is InChI=1S/C28H32N6/c1-17(29-2)27-32-23-6-3-5-21-15-20(12-13-22(21)26(23)34-27)18-8-10-19(11-9-18)25-16-31-28(33-25)24-7-4-14-30-24/h8-13,15-17,24,29-30H,3-7,14H2,1-2H3,(H,31,33)(H,32,34)/p+1. The Bertz CT molecular complexity index is 1290. The van der Waals surface area contributed by atoms with Gasteiger partial charge < -0.3 is 20.6 Å². The third-order valence-corrected chi connectivity index (χ3v) is 7.48. The molecule has 0 spiro atoms. The van der Waals surface area contributed by atoms with Crippen LogP contribution in [0.2, 0.25) is 0 Å². The molecule has 6 rings (SSSR count). The summed E-state index contributed by atoms with van der Waals surface area (Å²) in [5.74, 6) is 2.13. The molecule has 34 heavy (non-hydrogen) atoms. The first-order valence-electron chi connectivity index (χ1n) is 12.6. The molecule has 2 unspecified atom stereocenters. The van der Waals surface area contributed by atoms with Gasteiger partial charge in [-0.25, -0.2) is 9.97 Å². The van der Waals surface area contributed by atoms with Gasteiger partial charge in [0.05, 0.1) is 30.7 Å². The van der Waals surface area contributed by atoms with E-state index in [1.54, 1.807) is 0 Å². The molecule has 2 aromatic heterocycles. The van der Waals surface area contributed by atoms with Crippen LogP contribution in [0, 0.1) is 0 Å². The van der Waals surface area contributed by atoms with Crippen LogP contribution in [0.1, 0.15) is 61.2 Å². The van der Waals surface area contributed by atoms with Gasteiger partial charge in [-0.2, -0.15) is 0 Å². The lowest BCUT2D eigenvalue weighted by molar-refractivity contribution is -0.667. The van der Waals surface area contributed by atoms with E-state index < -0.39 is 0 Å². The Morgan fingerprint density at radius 2 is 1.79 bits per heavy atom. The van der Waals surface area contributed by atoms with E-state index in [1.165, 1.54) is 39.9 Å². The third-order valence-electron chi connectivity index (χ3n) is 7.48. The molecule has 0 amide bonds. The van der Waals surface area contributed by atoms with Gasteiger partial charge in [-0.1, -0.05) is 42.5 Å². The zero-order valence-electron chi connectivity index (χ0n) is 20.0. The summed E-state index contributed by atoms with van der Waals surface area (Å²) in [5, 5.41) is 5.71. The van der Waals surface area contributed by atoms with Gasteiger partial charge in [0, 0.05) is 11.3 Å². The Kier molecular flexibility index (Phi) is 5.55. The number of aromatic nitrogens is 4. The average molecular weight is 454 g/mol. The number of H-pyrrole nitrogens is 2. The highest BCUT2D eigenvalue weighted by Gasteiger charge is 2.22. The number of nitrogens with one attached hydrogen (secondary N) is 3. The molecule has 6 heteroatoms. The molecule has 4 aromatic rings. The molecule has 0 bridgehead atoms. The Morgan fingerprint density at radius 1 is 0.971 bits per heavy atom. The minimum absolute atomic E-state index is 0.341. The third kappa shape index (κ3) is 3.87. The maximum atomic E-state index is 5.00. The molecule has 2 atom stereocenters. The normalized spacial score (nSPS) is 18.4. The molecular weight excluding hydrogens is 420 g/mol. The number of nitrogens with two attached hydrogens (primary N) is 1. The number of nitrogens with zero attached hydrogens (tertiary/aromatic N) is 2. The Balaban J connectivity index is 1.27.